The predicted octanol–water partition coefficient (Wildman–Crippen LogP) is 4.09. The highest BCUT2D eigenvalue weighted by atomic mass is 16.6. The van der Waals surface area contributed by atoms with E-state index in [0.717, 1.165) is 22.3 Å². The normalized spacial score (nSPS) is 11.5. The maximum Gasteiger partial charge on any atom is 0.407 e. The Morgan fingerprint density at radius 2 is 1.87 bits per heavy atom. The summed E-state index contributed by atoms with van der Waals surface area (Å²) in [6, 6.07) is 15.3. The van der Waals surface area contributed by atoms with E-state index in [-0.39, 0.29) is 0 Å². The minimum Gasteiger partial charge on any atom is -0.444 e. The summed E-state index contributed by atoms with van der Waals surface area (Å²) in [5, 5.41) is 2.79. The molecule has 3 N–H and O–H groups in total. The van der Waals surface area contributed by atoms with Gasteiger partial charge in [-0.1, -0.05) is 12.1 Å². The average Bonchev–Trinajstić information content (AvgIpc) is 3.11. The van der Waals surface area contributed by atoms with Gasteiger partial charge in [-0.25, -0.2) is 19.7 Å². The molecular formula is C23H24N6O2. The Labute approximate surface area is 180 Å². The van der Waals surface area contributed by atoms with Crippen molar-refractivity contribution in [1.29, 1.82) is 0 Å². The van der Waals surface area contributed by atoms with E-state index in [1.54, 1.807) is 12.4 Å². The summed E-state index contributed by atoms with van der Waals surface area (Å²) in [6.45, 7) is 5.81. The van der Waals surface area contributed by atoms with Crippen LogP contribution in [0.25, 0.3) is 28.2 Å². The number of benzene rings is 1. The lowest BCUT2D eigenvalue weighted by Gasteiger charge is -2.19. The Balaban J connectivity index is 1.72. The van der Waals surface area contributed by atoms with Gasteiger partial charge in [0.1, 0.15) is 16.9 Å². The average molecular weight is 416 g/mol. The van der Waals surface area contributed by atoms with Gasteiger partial charge in [0, 0.05) is 24.6 Å². The highest BCUT2D eigenvalue weighted by molar-refractivity contribution is 5.82. The van der Waals surface area contributed by atoms with Gasteiger partial charge in [0.2, 0.25) is 0 Å². The van der Waals surface area contributed by atoms with Crippen molar-refractivity contribution in [2.75, 3.05) is 5.73 Å². The zero-order valence-electron chi connectivity index (χ0n) is 17.7. The predicted molar refractivity (Wildman–Crippen MR) is 120 cm³/mol. The van der Waals surface area contributed by atoms with Crippen molar-refractivity contribution in [3.63, 3.8) is 0 Å². The molecule has 0 spiro atoms. The number of ether oxygens (including phenoxy) is 1. The van der Waals surface area contributed by atoms with Gasteiger partial charge in [0.15, 0.2) is 11.5 Å². The Morgan fingerprint density at radius 3 is 2.65 bits per heavy atom. The van der Waals surface area contributed by atoms with Crippen LogP contribution in [0.2, 0.25) is 0 Å². The van der Waals surface area contributed by atoms with Crippen LogP contribution in [0.5, 0.6) is 0 Å². The van der Waals surface area contributed by atoms with Crippen molar-refractivity contribution < 1.29 is 9.53 Å². The fourth-order valence-corrected chi connectivity index (χ4v) is 3.24. The smallest absolute Gasteiger partial charge is 0.407 e. The second kappa shape index (κ2) is 8.06. The molecule has 3 aromatic heterocycles. The first kappa shape index (κ1) is 20.3. The van der Waals surface area contributed by atoms with Crippen LogP contribution in [0, 0.1) is 0 Å². The molecule has 0 saturated carbocycles. The topological polar surface area (TPSA) is 108 Å². The van der Waals surface area contributed by atoms with E-state index >= 15 is 0 Å². The lowest BCUT2D eigenvalue weighted by atomic mass is 10.2. The van der Waals surface area contributed by atoms with Crippen molar-refractivity contribution >= 4 is 23.1 Å². The number of rotatable bonds is 4. The number of nitrogens with zero attached hydrogens (tertiary/aromatic N) is 4. The third kappa shape index (κ3) is 4.48. The zero-order valence-corrected chi connectivity index (χ0v) is 17.7. The number of anilines is 1. The molecule has 0 aliphatic heterocycles. The highest BCUT2D eigenvalue weighted by Crippen LogP contribution is 2.30. The summed E-state index contributed by atoms with van der Waals surface area (Å²) < 4.78 is 7.26. The minimum atomic E-state index is -0.550. The van der Waals surface area contributed by atoms with Crippen molar-refractivity contribution in [2.24, 2.45) is 0 Å². The second-order valence-corrected chi connectivity index (χ2v) is 8.08. The van der Waals surface area contributed by atoms with Crippen LogP contribution >= 0.6 is 0 Å². The van der Waals surface area contributed by atoms with E-state index < -0.39 is 11.7 Å². The number of fused-ring (bicyclic) bond motifs is 1. The van der Waals surface area contributed by atoms with Crippen LogP contribution in [0.1, 0.15) is 26.3 Å². The summed E-state index contributed by atoms with van der Waals surface area (Å²) in [5.41, 5.74) is 9.52. The van der Waals surface area contributed by atoms with Gasteiger partial charge in [-0.15, -0.1) is 0 Å². The molecule has 0 aliphatic rings. The van der Waals surface area contributed by atoms with Gasteiger partial charge in [-0.05, 0) is 62.7 Å². The fourth-order valence-electron chi connectivity index (χ4n) is 3.24. The van der Waals surface area contributed by atoms with Gasteiger partial charge in [-0.3, -0.25) is 4.57 Å². The van der Waals surface area contributed by atoms with Crippen LogP contribution in [-0.4, -0.2) is 31.2 Å². The Hall–Kier alpha value is -3.94. The number of pyridine rings is 2. The third-order valence-corrected chi connectivity index (χ3v) is 4.50. The van der Waals surface area contributed by atoms with Crippen LogP contribution < -0.4 is 11.1 Å². The molecule has 0 unspecified atom stereocenters. The fraction of sp³-hybridized carbons (Fsp3) is 0.217. The molecule has 0 saturated heterocycles. The number of imidazole rings is 1. The third-order valence-electron chi connectivity index (χ3n) is 4.50. The number of carbonyl (C=O) groups excluding carboxylic acids is 1. The maximum absolute atomic E-state index is 12.0. The molecule has 3 heterocycles. The first-order chi connectivity index (χ1) is 14.8. The van der Waals surface area contributed by atoms with E-state index in [0.29, 0.717) is 23.8 Å². The molecular weight excluding hydrogens is 392 g/mol. The number of nitrogens with one attached hydrogen (secondary N) is 1. The molecule has 0 atom stereocenters. The SMILES string of the molecule is CC(C)(C)OC(=O)NCc1cccc(-n2c(-c3cccnc3N)nc3cccnc32)c1. The van der Waals surface area contributed by atoms with Gasteiger partial charge in [0.25, 0.3) is 0 Å². The van der Waals surface area contributed by atoms with Crippen LogP contribution in [-0.2, 0) is 11.3 Å². The molecule has 4 rings (SSSR count). The molecule has 0 bridgehead atoms. The minimum absolute atomic E-state index is 0.327. The largest absolute Gasteiger partial charge is 0.444 e. The number of hydrogen-bond acceptors (Lipinski definition) is 6. The van der Waals surface area contributed by atoms with Crippen LogP contribution in [0.3, 0.4) is 0 Å². The number of carbonyl (C=O) groups is 1. The summed E-state index contributed by atoms with van der Waals surface area (Å²) in [5.74, 6) is 1.04. The summed E-state index contributed by atoms with van der Waals surface area (Å²) in [7, 11) is 0. The van der Waals surface area contributed by atoms with Crippen molar-refractivity contribution in [1.82, 2.24) is 24.8 Å². The number of aromatic nitrogens is 4. The second-order valence-electron chi connectivity index (χ2n) is 8.08. The lowest BCUT2D eigenvalue weighted by molar-refractivity contribution is 0.0523. The van der Waals surface area contributed by atoms with Gasteiger partial charge < -0.3 is 15.8 Å². The highest BCUT2D eigenvalue weighted by Gasteiger charge is 2.18. The summed E-state index contributed by atoms with van der Waals surface area (Å²) in [6.07, 6.45) is 2.91. The van der Waals surface area contributed by atoms with Crippen molar-refractivity contribution in [2.45, 2.75) is 32.9 Å². The Bertz CT molecular complexity index is 1240. The van der Waals surface area contributed by atoms with Gasteiger partial charge >= 0.3 is 6.09 Å². The number of amides is 1. The first-order valence-electron chi connectivity index (χ1n) is 9.92. The first-order valence-corrected chi connectivity index (χ1v) is 9.92. The molecule has 0 radical (unpaired) electrons. The van der Waals surface area contributed by atoms with E-state index in [1.807, 2.05) is 73.9 Å². The number of alkyl carbamates (subject to hydrolysis) is 1. The molecule has 0 fully saturated rings. The summed E-state index contributed by atoms with van der Waals surface area (Å²) in [4.78, 5) is 25.5. The van der Waals surface area contributed by atoms with Gasteiger partial charge in [0.05, 0.1) is 5.56 Å². The van der Waals surface area contributed by atoms with E-state index in [4.69, 9.17) is 15.5 Å². The van der Waals surface area contributed by atoms with E-state index in [2.05, 4.69) is 15.3 Å². The number of hydrogen-bond donors (Lipinski definition) is 2. The molecule has 1 aromatic carbocycles. The quantitative estimate of drug-likeness (QED) is 0.519. The monoisotopic (exact) mass is 416 g/mol. The Kier molecular flexibility index (Phi) is 5.29. The Morgan fingerprint density at radius 1 is 1.10 bits per heavy atom. The van der Waals surface area contributed by atoms with Crippen molar-refractivity contribution in [3.8, 4) is 17.1 Å². The van der Waals surface area contributed by atoms with Crippen LogP contribution in [0.15, 0.2) is 60.9 Å². The lowest BCUT2D eigenvalue weighted by Crippen LogP contribution is -2.32. The molecule has 4 aromatic rings. The standard InChI is InChI=1S/C23H24N6O2/c1-23(2,3)31-22(30)27-14-15-7-4-8-16(13-15)29-20(17-9-5-11-25-19(17)24)28-18-10-6-12-26-21(18)29/h4-13H,14H2,1-3H3,(H2,24,25)(H,27,30). The molecule has 0 aliphatic carbocycles. The van der Waals surface area contributed by atoms with E-state index in [1.165, 1.54) is 0 Å². The number of nitrogens with two attached hydrogens (primary N) is 1. The summed E-state index contributed by atoms with van der Waals surface area (Å²) >= 11 is 0. The zero-order chi connectivity index (χ0) is 22.0. The van der Waals surface area contributed by atoms with Crippen molar-refractivity contribution in [3.05, 3.63) is 66.5 Å². The molecule has 8 nitrogen and oxygen atoms in total. The molecule has 31 heavy (non-hydrogen) atoms. The van der Waals surface area contributed by atoms with Gasteiger partial charge in [-0.2, -0.15) is 0 Å². The maximum atomic E-state index is 12.0. The molecule has 8 heteroatoms. The van der Waals surface area contributed by atoms with E-state index in [9.17, 15) is 4.79 Å². The number of nitrogen functional groups attached to an aromatic ring is 1. The van der Waals surface area contributed by atoms with Crippen LogP contribution in [0.4, 0.5) is 10.6 Å². The molecule has 1 amide bonds. The molecule has 158 valence electrons.